The van der Waals surface area contributed by atoms with Gasteiger partial charge in [0, 0.05) is 0 Å². The number of ether oxygens (including phenoxy) is 2. The van der Waals surface area contributed by atoms with Gasteiger partial charge in [-0.25, -0.2) is 0 Å². The molecule has 0 aliphatic carbocycles. The first kappa shape index (κ1) is 15.1. The Hall–Kier alpha value is 0.0969. The molecule has 1 atom stereocenters. The minimum Gasteiger partial charge on any atom is -0.354 e. The SMILES string of the molecule is CC(C)OC(OC(C)C)[SiH2]C(N)C(C)C. The molecule has 0 aromatic rings. The van der Waals surface area contributed by atoms with Crippen molar-refractivity contribution in [3.63, 3.8) is 0 Å². The predicted octanol–water partition coefficient (Wildman–Crippen LogP) is 1.23. The molecular weight excluding hydrogens is 206 g/mol. The lowest BCUT2D eigenvalue weighted by Gasteiger charge is -2.26. The molecule has 0 radical (unpaired) electrons. The molecule has 0 bridgehead atoms. The van der Waals surface area contributed by atoms with Crippen molar-refractivity contribution in [1.29, 1.82) is 0 Å². The van der Waals surface area contributed by atoms with Crippen molar-refractivity contribution in [2.24, 2.45) is 11.7 Å². The standard InChI is InChI=1S/C11H27NO2Si/c1-7(2)10(12)15-11(13-8(3)4)14-9(5)6/h7-11H,12,15H2,1-6H3. The van der Waals surface area contributed by atoms with Crippen LogP contribution in [0, 0.1) is 5.92 Å². The highest BCUT2D eigenvalue weighted by Gasteiger charge is 2.20. The molecule has 2 N–H and O–H groups in total. The quantitative estimate of drug-likeness (QED) is 0.531. The summed E-state index contributed by atoms with van der Waals surface area (Å²) in [5.74, 6) is 0.480. The van der Waals surface area contributed by atoms with Gasteiger partial charge in [0.2, 0.25) is 0 Å². The Morgan fingerprint density at radius 2 is 1.27 bits per heavy atom. The molecule has 0 fully saturated rings. The summed E-state index contributed by atoms with van der Waals surface area (Å²) >= 11 is 0. The highest BCUT2D eigenvalue weighted by Crippen LogP contribution is 2.07. The zero-order valence-corrected chi connectivity index (χ0v) is 12.4. The third-order valence-electron chi connectivity index (χ3n) is 2.17. The lowest BCUT2D eigenvalue weighted by molar-refractivity contribution is -0.134. The van der Waals surface area contributed by atoms with Crippen LogP contribution in [0.2, 0.25) is 0 Å². The van der Waals surface area contributed by atoms with E-state index in [1.54, 1.807) is 0 Å². The Bertz CT molecular complexity index is 153. The van der Waals surface area contributed by atoms with Crippen molar-refractivity contribution in [2.45, 2.75) is 65.3 Å². The molecule has 15 heavy (non-hydrogen) atoms. The molecule has 0 aliphatic rings. The molecule has 4 heteroatoms. The fraction of sp³-hybridized carbons (Fsp3) is 1.00. The van der Waals surface area contributed by atoms with Crippen LogP contribution in [-0.4, -0.2) is 33.3 Å². The summed E-state index contributed by atoms with van der Waals surface area (Å²) in [5.41, 5.74) is 6.34. The van der Waals surface area contributed by atoms with Gasteiger partial charge in [-0.2, -0.15) is 0 Å². The normalized spacial score (nSPS) is 15.4. The van der Waals surface area contributed by atoms with Crippen molar-refractivity contribution < 1.29 is 9.47 Å². The molecule has 0 heterocycles. The Balaban J connectivity index is 4.11. The summed E-state index contributed by atoms with van der Waals surface area (Å²) in [7, 11) is -0.550. The summed E-state index contributed by atoms with van der Waals surface area (Å²) in [6, 6.07) is 0. The van der Waals surface area contributed by atoms with Crippen LogP contribution in [0.15, 0.2) is 0 Å². The molecule has 1 unspecified atom stereocenters. The summed E-state index contributed by atoms with van der Waals surface area (Å²) in [4.78, 5) is 0. The van der Waals surface area contributed by atoms with Gasteiger partial charge in [0.25, 0.3) is 0 Å². The van der Waals surface area contributed by atoms with Gasteiger partial charge in [-0.3, -0.25) is 0 Å². The number of nitrogens with two attached hydrogens (primary N) is 1. The Morgan fingerprint density at radius 1 is 0.867 bits per heavy atom. The van der Waals surface area contributed by atoms with Gasteiger partial charge in [0.1, 0.15) is 15.4 Å². The summed E-state index contributed by atoms with van der Waals surface area (Å²) in [6.45, 7) is 12.4. The topological polar surface area (TPSA) is 44.5 Å². The minimum absolute atomic E-state index is 0.0394. The van der Waals surface area contributed by atoms with Gasteiger partial charge in [-0.05, 0) is 39.3 Å². The summed E-state index contributed by atoms with van der Waals surface area (Å²) < 4.78 is 11.5. The van der Waals surface area contributed by atoms with Crippen LogP contribution in [0.25, 0.3) is 0 Å². The Morgan fingerprint density at radius 3 is 1.53 bits per heavy atom. The molecule has 92 valence electrons. The van der Waals surface area contributed by atoms with Crippen LogP contribution in [0.1, 0.15) is 41.5 Å². The van der Waals surface area contributed by atoms with Crippen LogP contribution in [-0.2, 0) is 9.47 Å². The van der Waals surface area contributed by atoms with Gasteiger partial charge in [0.05, 0.1) is 12.2 Å². The molecule has 0 spiro atoms. The highest BCUT2D eigenvalue weighted by molar-refractivity contribution is 6.38. The van der Waals surface area contributed by atoms with Crippen LogP contribution < -0.4 is 5.73 Å². The van der Waals surface area contributed by atoms with E-state index in [4.69, 9.17) is 15.2 Å². The zero-order chi connectivity index (χ0) is 12.0. The maximum Gasteiger partial charge on any atom is 0.137 e. The molecule has 0 saturated heterocycles. The Labute approximate surface area is 96.5 Å². The minimum atomic E-state index is -0.550. The Kier molecular flexibility index (Phi) is 7.43. The van der Waals surface area contributed by atoms with Gasteiger partial charge in [0.15, 0.2) is 0 Å². The second-order valence-corrected chi connectivity index (χ2v) is 7.02. The third-order valence-corrected chi connectivity index (χ3v) is 4.43. The monoisotopic (exact) mass is 233 g/mol. The van der Waals surface area contributed by atoms with Crippen molar-refractivity contribution in [1.82, 2.24) is 0 Å². The number of rotatable bonds is 7. The van der Waals surface area contributed by atoms with E-state index in [9.17, 15) is 0 Å². The molecule has 0 aromatic heterocycles. The molecule has 3 nitrogen and oxygen atoms in total. The van der Waals surface area contributed by atoms with Crippen LogP contribution in [0.4, 0.5) is 0 Å². The van der Waals surface area contributed by atoms with Crippen molar-refractivity contribution >= 4 is 9.52 Å². The fourth-order valence-electron chi connectivity index (χ4n) is 1.24. The summed E-state index contributed by atoms with van der Waals surface area (Å²) in [5, 5.41) is 0. The van der Waals surface area contributed by atoms with Gasteiger partial charge in [-0.15, -0.1) is 0 Å². The second kappa shape index (κ2) is 7.38. The predicted molar refractivity (Wildman–Crippen MR) is 67.6 cm³/mol. The van der Waals surface area contributed by atoms with Crippen molar-refractivity contribution in [3.8, 4) is 0 Å². The van der Waals surface area contributed by atoms with Gasteiger partial charge >= 0.3 is 0 Å². The lowest BCUT2D eigenvalue weighted by atomic mass is 10.2. The van der Waals surface area contributed by atoms with E-state index in [0.717, 1.165) is 0 Å². The molecule has 0 rings (SSSR count). The first-order valence-electron chi connectivity index (χ1n) is 5.89. The molecule has 0 aliphatic heterocycles. The van der Waals surface area contributed by atoms with Crippen LogP contribution in [0.3, 0.4) is 0 Å². The van der Waals surface area contributed by atoms with E-state index in [2.05, 4.69) is 13.8 Å². The average Bonchev–Trinajstić information content (AvgIpc) is 2.00. The molecule has 0 aromatic carbocycles. The van der Waals surface area contributed by atoms with E-state index >= 15 is 0 Å². The largest absolute Gasteiger partial charge is 0.354 e. The lowest BCUT2D eigenvalue weighted by Crippen LogP contribution is -2.43. The van der Waals surface area contributed by atoms with Crippen LogP contribution >= 0.6 is 0 Å². The molecule has 0 amide bonds. The number of hydrogen-bond donors (Lipinski definition) is 1. The van der Waals surface area contributed by atoms with E-state index in [1.165, 1.54) is 0 Å². The van der Waals surface area contributed by atoms with Gasteiger partial charge in [-0.1, -0.05) is 13.8 Å². The smallest absolute Gasteiger partial charge is 0.137 e. The first-order valence-corrected chi connectivity index (χ1v) is 7.52. The van der Waals surface area contributed by atoms with Gasteiger partial charge < -0.3 is 15.2 Å². The maximum absolute atomic E-state index is 6.07. The van der Waals surface area contributed by atoms with E-state index in [1.807, 2.05) is 27.7 Å². The van der Waals surface area contributed by atoms with E-state index in [-0.39, 0.29) is 23.8 Å². The third kappa shape index (κ3) is 7.96. The maximum atomic E-state index is 6.07. The average molecular weight is 233 g/mol. The zero-order valence-electron chi connectivity index (χ0n) is 11.0. The molecule has 0 saturated carbocycles. The highest BCUT2D eigenvalue weighted by atomic mass is 28.2. The fourth-order valence-corrected chi connectivity index (χ4v) is 3.23. The first-order chi connectivity index (χ1) is 6.82. The van der Waals surface area contributed by atoms with Crippen LogP contribution in [0.5, 0.6) is 0 Å². The number of hydrogen-bond acceptors (Lipinski definition) is 3. The summed E-state index contributed by atoms with van der Waals surface area (Å²) in [6.07, 6.45) is 0.418. The van der Waals surface area contributed by atoms with E-state index < -0.39 is 9.52 Å². The van der Waals surface area contributed by atoms with Crippen molar-refractivity contribution in [3.05, 3.63) is 0 Å². The molecular formula is C11H27NO2Si. The second-order valence-electron chi connectivity index (χ2n) is 4.94. The van der Waals surface area contributed by atoms with Crippen molar-refractivity contribution in [2.75, 3.05) is 0 Å². The van der Waals surface area contributed by atoms with E-state index in [0.29, 0.717) is 5.92 Å².